The van der Waals surface area contributed by atoms with Crippen molar-refractivity contribution in [3.63, 3.8) is 0 Å². The Bertz CT molecular complexity index is 558. The van der Waals surface area contributed by atoms with E-state index in [1.807, 2.05) is 39.0 Å². The molecule has 0 atom stereocenters. The van der Waals surface area contributed by atoms with Gasteiger partial charge >= 0.3 is 6.09 Å². The SMILES string of the molecule is CN(CC1(c2ccccc2)CCN(C=O)CC1)C(=O)OC(C)(C)C. The fourth-order valence-electron chi connectivity index (χ4n) is 3.25. The molecule has 24 heavy (non-hydrogen) atoms. The number of benzene rings is 1. The van der Waals surface area contributed by atoms with E-state index in [9.17, 15) is 9.59 Å². The molecule has 1 heterocycles. The third-order valence-electron chi connectivity index (χ3n) is 4.54. The fraction of sp³-hybridized carbons (Fsp3) is 0.579. The van der Waals surface area contributed by atoms with Crippen LogP contribution in [-0.2, 0) is 14.9 Å². The van der Waals surface area contributed by atoms with Crippen molar-refractivity contribution in [2.45, 2.75) is 44.6 Å². The predicted octanol–water partition coefficient (Wildman–Crippen LogP) is 3.04. The van der Waals surface area contributed by atoms with Crippen LogP contribution in [0.4, 0.5) is 4.79 Å². The standard InChI is InChI=1S/C19H28N2O3/c1-18(2,3)24-17(23)20(4)14-19(16-8-6-5-7-9-16)10-12-21(15-22)13-11-19/h5-9,15H,10-14H2,1-4H3. The van der Waals surface area contributed by atoms with Gasteiger partial charge in [0, 0.05) is 32.1 Å². The van der Waals surface area contributed by atoms with Crippen molar-refractivity contribution in [1.82, 2.24) is 9.80 Å². The Hall–Kier alpha value is -2.04. The number of ether oxygens (including phenoxy) is 1. The Morgan fingerprint density at radius 3 is 2.33 bits per heavy atom. The predicted molar refractivity (Wildman–Crippen MR) is 93.9 cm³/mol. The van der Waals surface area contributed by atoms with Gasteiger partial charge in [0.2, 0.25) is 6.41 Å². The molecule has 2 amide bonds. The van der Waals surface area contributed by atoms with Gasteiger partial charge in [0.05, 0.1) is 0 Å². The fourth-order valence-corrected chi connectivity index (χ4v) is 3.25. The zero-order valence-electron chi connectivity index (χ0n) is 15.1. The summed E-state index contributed by atoms with van der Waals surface area (Å²) in [7, 11) is 1.78. The number of amides is 2. The summed E-state index contributed by atoms with van der Waals surface area (Å²) >= 11 is 0. The van der Waals surface area contributed by atoms with Crippen molar-refractivity contribution >= 4 is 12.5 Å². The third-order valence-corrected chi connectivity index (χ3v) is 4.54. The van der Waals surface area contributed by atoms with Gasteiger partial charge in [-0.05, 0) is 39.2 Å². The molecule has 0 unspecified atom stereocenters. The lowest BCUT2D eigenvalue weighted by molar-refractivity contribution is -0.119. The zero-order chi connectivity index (χ0) is 17.8. The smallest absolute Gasteiger partial charge is 0.410 e. The van der Waals surface area contributed by atoms with Crippen LogP contribution < -0.4 is 0 Å². The minimum absolute atomic E-state index is 0.146. The average molecular weight is 332 g/mol. The second-order valence-electron chi connectivity index (χ2n) is 7.62. The van der Waals surface area contributed by atoms with E-state index >= 15 is 0 Å². The minimum atomic E-state index is -0.508. The van der Waals surface area contributed by atoms with E-state index in [0.717, 1.165) is 19.3 Å². The summed E-state index contributed by atoms with van der Waals surface area (Å²) in [5.74, 6) is 0. The first kappa shape index (κ1) is 18.3. The second kappa shape index (κ2) is 7.24. The summed E-state index contributed by atoms with van der Waals surface area (Å²) in [4.78, 5) is 26.9. The lowest BCUT2D eigenvalue weighted by Crippen LogP contribution is -2.49. The lowest BCUT2D eigenvalue weighted by Gasteiger charge is -2.43. The summed E-state index contributed by atoms with van der Waals surface area (Å²) in [6, 6.07) is 10.3. The highest BCUT2D eigenvalue weighted by Crippen LogP contribution is 2.36. The van der Waals surface area contributed by atoms with Crippen molar-refractivity contribution < 1.29 is 14.3 Å². The average Bonchev–Trinajstić information content (AvgIpc) is 2.54. The molecule has 5 nitrogen and oxygen atoms in total. The molecule has 5 heteroatoms. The van der Waals surface area contributed by atoms with Crippen molar-refractivity contribution in [3.8, 4) is 0 Å². The molecule has 0 radical (unpaired) electrons. The van der Waals surface area contributed by atoms with Crippen LogP contribution in [0.15, 0.2) is 30.3 Å². The number of carbonyl (C=O) groups is 2. The highest BCUT2D eigenvalue weighted by molar-refractivity contribution is 5.68. The molecule has 1 aromatic carbocycles. The van der Waals surface area contributed by atoms with Gasteiger partial charge in [-0.3, -0.25) is 4.79 Å². The van der Waals surface area contributed by atoms with Crippen molar-refractivity contribution in [1.29, 1.82) is 0 Å². The number of likely N-dealkylation sites (tertiary alicyclic amines) is 1. The van der Waals surface area contributed by atoms with Crippen LogP contribution >= 0.6 is 0 Å². The van der Waals surface area contributed by atoms with Crippen LogP contribution in [0, 0.1) is 0 Å². The van der Waals surface area contributed by atoms with Gasteiger partial charge in [-0.25, -0.2) is 4.79 Å². The molecule has 2 rings (SSSR count). The van der Waals surface area contributed by atoms with Crippen molar-refractivity contribution in [2.24, 2.45) is 0 Å². The summed E-state index contributed by atoms with van der Waals surface area (Å²) in [5.41, 5.74) is 0.560. The van der Waals surface area contributed by atoms with E-state index in [1.54, 1.807) is 16.8 Å². The van der Waals surface area contributed by atoms with Crippen LogP contribution in [0.1, 0.15) is 39.2 Å². The number of likely N-dealkylation sites (N-methyl/N-ethyl adjacent to an activating group) is 1. The normalized spacial score (nSPS) is 17.2. The van der Waals surface area contributed by atoms with E-state index in [-0.39, 0.29) is 11.5 Å². The molecule has 1 aliphatic rings. The van der Waals surface area contributed by atoms with E-state index < -0.39 is 5.60 Å². The highest BCUT2D eigenvalue weighted by atomic mass is 16.6. The third kappa shape index (κ3) is 4.49. The first-order valence-electron chi connectivity index (χ1n) is 8.45. The maximum Gasteiger partial charge on any atom is 0.410 e. The maximum absolute atomic E-state index is 12.4. The number of nitrogens with zero attached hydrogens (tertiary/aromatic N) is 2. The molecule has 0 aromatic heterocycles. The number of hydrogen-bond acceptors (Lipinski definition) is 3. The second-order valence-corrected chi connectivity index (χ2v) is 7.62. The zero-order valence-corrected chi connectivity index (χ0v) is 15.1. The summed E-state index contributed by atoms with van der Waals surface area (Å²) in [6.07, 6.45) is 2.27. The summed E-state index contributed by atoms with van der Waals surface area (Å²) in [6.45, 7) is 7.61. The monoisotopic (exact) mass is 332 g/mol. The molecular weight excluding hydrogens is 304 g/mol. The topological polar surface area (TPSA) is 49.9 Å². The Balaban J connectivity index is 2.18. The first-order valence-corrected chi connectivity index (χ1v) is 8.45. The van der Waals surface area contributed by atoms with Gasteiger partial charge in [-0.15, -0.1) is 0 Å². The van der Waals surface area contributed by atoms with Gasteiger partial charge in [0.15, 0.2) is 0 Å². The summed E-state index contributed by atoms with van der Waals surface area (Å²) in [5, 5.41) is 0. The lowest BCUT2D eigenvalue weighted by atomic mass is 9.72. The Morgan fingerprint density at radius 2 is 1.83 bits per heavy atom. The molecule has 0 spiro atoms. The molecule has 0 bridgehead atoms. The van der Waals surface area contributed by atoms with Crippen LogP contribution in [0.5, 0.6) is 0 Å². The minimum Gasteiger partial charge on any atom is -0.444 e. The van der Waals surface area contributed by atoms with Gasteiger partial charge in [-0.2, -0.15) is 0 Å². The van der Waals surface area contributed by atoms with E-state index in [0.29, 0.717) is 19.6 Å². The van der Waals surface area contributed by atoms with E-state index in [2.05, 4.69) is 12.1 Å². The molecule has 0 N–H and O–H groups in total. The quantitative estimate of drug-likeness (QED) is 0.796. The molecule has 0 aliphatic carbocycles. The van der Waals surface area contributed by atoms with Crippen LogP contribution in [-0.4, -0.2) is 54.6 Å². The summed E-state index contributed by atoms with van der Waals surface area (Å²) < 4.78 is 5.48. The van der Waals surface area contributed by atoms with Crippen LogP contribution in [0.2, 0.25) is 0 Å². The Kier molecular flexibility index (Phi) is 5.52. The van der Waals surface area contributed by atoms with Crippen molar-refractivity contribution in [2.75, 3.05) is 26.7 Å². The number of hydrogen-bond donors (Lipinski definition) is 0. The molecule has 1 aliphatic heterocycles. The van der Waals surface area contributed by atoms with E-state index in [1.165, 1.54) is 5.56 Å². The van der Waals surface area contributed by atoms with Gasteiger partial charge in [0.1, 0.15) is 5.60 Å². The molecule has 0 saturated carbocycles. The molecule has 132 valence electrons. The van der Waals surface area contributed by atoms with Gasteiger partial charge in [-0.1, -0.05) is 30.3 Å². The molecule has 1 aromatic rings. The number of carbonyl (C=O) groups excluding carboxylic acids is 2. The molecule has 1 saturated heterocycles. The van der Waals surface area contributed by atoms with Crippen LogP contribution in [0.3, 0.4) is 0 Å². The van der Waals surface area contributed by atoms with Crippen LogP contribution in [0.25, 0.3) is 0 Å². The molecule has 1 fully saturated rings. The van der Waals surface area contributed by atoms with E-state index in [4.69, 9.17) is 4.74 Å². The number of rotatable bonds is 4. The highest BCUT2D eigenvalue weighted by Gasteiger charge is 2.38. The number of piperidine rings is 1. The maximum atomic E-state index is 12.4. The van der Waals surface area contributed by atoms with Gasteiger partial charge in [0.25, 0.3) is 0 Å². The van der Waals surface area contributed by atoms with Gasteiger partial charge < -0.3 is 14.5 Å². The Morgan fingerprint density at radius 1 is 1.25 bits per heavy atom. The Labute approximate surface area is 144 Å². The molecular formula is C19H28N2O3. The first-order chi connectivity index (χ1) is 11.3. The largest absolute Gasteiger partial charge is 0.444 e. The van der Waals surface area contributed by atoms with Crippen molar-refractivity contribution in [3.05, 3.63) is 35.9 Å².